The topological polar surface area (TPSA) is 42.7 Å². The Morgan fingerprint density at radius 2 is 2.22 bits per heavy atom. The van der Waals surface area contributed by atoms with Crippen molar-refractivity contribution >= 4 is 17.0 Å². The number of nitrogens with zero attached hydrogens (tertiary/aromatic N) is 3. The van der Waals surface area contributed by atoms with Gasteiger partial charge in [0.1, 0.15) is 5.01 Å². The fourth-order valence-corrected chi connectivity index (χ4v) is 2.52. The van der Waals surface area contributed by atoms with Gasteiger partial charge in [0.25, 0.3) is 0 Å². The van der Waals surface area contributed by atoms with Crippen LogP contribution < -0.4 is 5.32 Å². The zero-order valence-corrected chi connectivity index (χ0v) is 12.0. The van der Waals surface area contributed by atoms with Gasteiger partial charge in [0.2, 0.25) is 0 Å². The molecule has 0 atom stereocenters. The molecule has 2 heterocycles. The predicted octanol–water partition coefficient (Wildman–Crippen LogP) is 3.37. The lowest BCUT2D eigenvalue weighted by atomic mass is 10.3. The maximum atomic E-state index is 4.44. The van der Waals surface area contributed by atoms with Crippen molar-refractivity contribution in [3.63, 3.8) is 0 Å². The van der Waals surface area contributed by atoms with Crippen LogP contribution in [0.1, 0.15) is 36.2 Å². The van der Waals surface area contributed by atoms with E-state index in [1.54, 1.807) is 11.3 Å². The van der Waals surface area contributed by atoms with Crippen LogP contribution in [0.15, 0.2) is 11.6 Å². The molecule has 0 aliphatic rings. The molecule has 0 bridgehead atoms. The zero-order chi connectivity index (χ0) is 13.0. The number of nitrogens with one attached hydrogen (secondary N) is 1. The Kier molecular flexibility index (Phi) is 4.36. The lowest BCUT2D eigenvalue weighted by molar-refractivity contribution is 0.559. The van der Waals surface area contributed by atoms with Gasteiger partial charge in [-0.15, -0.1) is 11.3 Å². The summed E-state index contributed by atoms with van der Waals surface area (Å²) < 4.78 is 2.07. The summed E-state index contributed by atoms with van der Waals surface area (Å²) in [7, 11) is 0. The second kappa shape index (κ2) is 6.00. The molecule has 2 aromatic heterocycles. The van der Waals surface area contributed by atoms with E-state index >= 15 is 0 Å². The lowest BCUT2D eigenvalue weighted by Gasteiger charge is -2.05. The third kappa shape index (κ3) is 3.10. The van der Waals surface area contributed by atoms with Gasteiger partial charge >= 0.3 is 0 Å². The fourth-order valence-electron chi connectivity index (χ4n) is 1.81. The van der Waals surface area contributed by atoms with Gasteiger partial charge in [0, 0.05) is 17.6 Å². The molecule has 0 saturated heterocycles. The molecular formula is C13H20N4S. The third-order valence-corrected chi connectivity index (χ3v) is 3.89. The van der Waals surface area contributed by atoms with Gasteiger partial charge in [-0.25, -0.2) is 4.98 Å². The van der Waals surface area contributed by atoms with Crippen molar-refractivity contribution in [2.45, 2.75) is 46.7 Å². The van der Waals surface area contributed by atoms with E-state index in [4.69, 9.17) is 0 Å². The highest BCUT2D eigenvalue weighted by molar-refractivity contribution is 7.09. The van der Waals surface area contributed by atoms with Gasteiger partial charge in [-0.2, -0.15) is 5.10 Å². The highest BCUT2D eigenvalue weighted by atomic mass is 32.1. The Morgan fingerprint density at radius 1 is 1.39 bits per heavy atom. The molecule has 2 aromatic rings. The van der Waals surface area contributed by atoms with Crippen LogP contribution in [0, 0.1) is 13.8 Å². The van der Waals surface area contributed by atoms with E-state index in [2.05, 4.69) is 39.3 Å². The van der Waals surface area contributed by atoms with Crippen molar-refractivity contribution in [3.8, 4) is 0 Å². The van der Waals surface area contributed by atoms with Crippen LogP contribution in [-0.4, -0.2) is 14.8 Å². The summed E-state index contributed by atoms with van der Waals surface area (Å²) >= 11 is 1.69. The van der Waals surface area contributed by atoms with Crippen molar-refractivity contribution in [3.05, 3.63) is 28.0 Å². The normalized spacial score (nSPS) is 10.8. The van der Waals surface area contributed by atoms with Crippen LogP contribution in [0.5, 0.6) is 0 Å². The van der Waals surface area contributed by atoms with Crippen molar-refractivity contribution in [2.75, 3.05) is 5.32 Å². The van der Waals surface area contributed by atoms with Crippen LogP contribution >= 0.6 is 11.3 Å². The first kappa shape index (κ1) is 13.1. The van der Waals surface area contributed by atoms with Crippen molar-refractivity contribution in [2.24, 2.45) is 0 Å². The van der Waals surface area contributed by atoms with Gasteiger partial charge in [-0.3, -0.25) is 4.68 Å². The fraction of sp³-hybridized carbons (Fsp3) is 0.538. The van der Waals surface area contributed by atoms with Crippen LogP contribution in [0.2, 0.25) is 0 Å². The van der Waals surface area contributed by atoms with Crippen LogP contribution in [0.4, 0.5) is 5.69 Å². The van der Waals surface area contributed by atoms with Crippen LogP contribution in [0.3, 0.4) is 0 Å². The number of hydrogen-bond donors (Lipinski definition) is 1. The Morgan fingerprint density at radius 3 is 2.89 bits per heavy atom. The number of thiazole rings is 1. The van der Waals surface area contributed by atoms with Gasteiger partial charge < -0.3 is 5.32 Å². The molecule has 0 spiro atoms. The smallest absolute Gasteiger partial charge is 0.112 e. The maximum Gasteiger partial charge on any atom is 0.112 e. The average Bonchev–Trinajstić information content (AvgIpc) is 2.92. The maximum absolute atomic E-state index is 4.44. The van der Waals surface area contributed by atoms with E-state index in [0.29, 0.717) is 0 Å². The second-order valence-corrected chi connectivity index (χ2v) is 5.40. The minimum Gasteiger partial charge on any atom is -0.376 e. The van der Waals surface area contributed by atoms with E-state index in [-0.39, 0.29) is 0 Å². The van der Waals surface area contributed by atoms with E-state index in [9.17, 15) is 0 Å². The van der Waals surface area contributed by atoms with Gasteiger partial charge in [-0.1, -0.05) is 13.3 Å². The molecule has 0 saturated carbocycles. The summed E-state index contributed by atoms with van der Waals surface area (Å²) in [5.41, 5.74) is 3.41. The Balaban J connectivity index is 1.95. The van der Waals surface area contributed by atoms with Gasteiger partial charge in [0.15, 0.2) is 0 Å². The van der Waals surface area contributed by atoms with Crippen LogP contribution in [0.25, 0.3) is 0 Å². The first-order chi connectivity index (χ1) is 8.70. The van der Waals surface area contributed by atoms with Crippen molar-refractivity contribution in [1.82, 2.24) is 14.8 Å². The minimum absolute atomic E-state index is 0.777. The first-order valence-electron chi connectivity index (χ1n) is 6.38. The van der Waals surface area contributed by atoms with Crippen LogP contribution in [-0.2, 0) is 13.1 Å². The van der Waals surface area contributed by atoms with E-state index in [0.717, 1.165) is 29.5 Å². The first-order valence-corrected chi connectivity index (χ1v) is 7.26. The van der Waals surface area contributed by atoms with Gasteiger partial charge in [-0.05, 0) is 20.3 Å². The molecule has 4 nitrogen and oxygen atoms in total. The molecule has 18 heavy (non-hydrogen) atoms. The molecule has 0 aromatic carbocycles. The summed E-state index contributed by atoms with van der Waals surface area (Å²) in [5.74, 6) is 0. The highest BCUT2D eigenvalue weighted by Crippen LogP contribution is 2.16. The SMILES string of the molecule is CCCCn1ncc(NCc2nc(C)cs2)c1C. The minimum atomic E-state index is 0.777. The van der Waals surface area contributed by atoms with E-state index < -0.39 is 0 Å². The molecule has 2 rings (SSSR count). The number of aromatic nitrogens is 3. The second-order valence-electron chi connectivity index (χ2n) is 4.46. The molecular weight excluding hydrogens is 244 g/mol. The summed E-state index contributed by atoms with van der Waals surface area (Å²) in [6, 6.07) is 0. The largest absolute Gasteiger partial charge is 0.376 e. The molecule has 0 fully saturated rings. The Bertz CT molecular complexity index is 501. The van der Waals surface area contributed by atoms with E-state index in [1.165, 1.54) is 18.5 Å². The molecule has 1 N–H and O–H groups in total. The van der Waals surface area contributed by atoms with Gasteiger partial charge in [0.05, 0.1) is 24.1 Å². The van der Waals surface area contributed by atoms with Crippen molar-refractivity contribution < 1.29 is 0 Å². The highest BCUT2D eigenvalue weighted by Gasteiger charge is 2.06. The lowest BCUT2D eigenvalue weighted by Crippen LogP contribution is -2.04. The molecule has 0 aliphatic heterocycles. The number of anilines is 1. The summed E-state index contributed by atoms with van der Waals surface area (Å²) in [4.78, 5) is 4.44. The standard InChI is InChI=1S/C13H20N4S/c1-4-5-6-17-11(3)12(7-15-17)14-8-13-16-10(2)9-18-13/h7,9,14H,4-6,8H2,1-3H3. The quantitative estimate of drug-likeness (QED) is 0.870. The number of unbranched alkanes of at least 4 members (excludes halogenated alkanes) is 1. The molecule has 0 radical (unpaired) electrons. The molecule has 98 valence electrons. The van der Waals surface area contributed by atoms with Crippen molar-refractivity contribution in [1.29, 1.82) is 0 Å². The third-order valence-electron chi connectivity index (χ3n) is 2.92. The number of rotatable bonds is 6. The Hall–Kier alpha value is -1.36. The summed E-state index contributed by atoms with van der Waals surface area (Å²) in [6.45, 7) is 8.11. The zero-order valence-electron chi connectivity index (χ0n) is 11.2. The summed E-state index contributed by atoms with van der Waals surface area (Å²) in [5, 5.41) is 11.0. The van der Waals surface area contributed by atoms with E-state index in [1.807, 2.05) is 13.1 Å². The molecule has 0 aliphatic carbocycles. The predicted molar refractivity (Wildman–Crippen MR) is 76.0 cm³/mol. The molecule has 0 amide bonds. The average molecular weight is 264 g/mol. The Labute approximate surface area is 112 Å². The molecule has 5 heteroatoms. The number of hydrogen-bond acceptors (Lipinski definition) is 4. The monoisotopic (exact) mass is 264 g/mol. The number of aryl methyl sites for hydroxylation is 2. The molecule has 0 unspecified atom stereocenters. The summed E-state index contributed by atoms with van der Waals surface area (Å²) in [6.07, 6.45) is 4.28.